The van der Waals surface area contributed by atoms with Crippen molar-refractivity contribution in [2.45, 2.75) is 30.4 Å². The monoisotopic (exact) mass is 412 g/mol. The third-order valence-corrected chi connectivity index (χ3v) is 5.55. The third kappa shape index (κ3) is 4.61. The largest absolute Gasteiger partial charge is 0.395 e. The van der Waals surface area contributed by atoms with Gasteiger partial charge in [0, 0.05) is 13.6 Å². The van der Waals surface area contributed by atoms with E-state index in [1.807, 2.05) is 60.7 Å². The van der Waals surface area contributed by atoms with E-state index in [0.29, 0.717) is 0 Å². The minimum absolute atomic E-state index is 0.199. The second-order valence-corrected chi connectivity index (χ2v) is 7.37. The summed E-state index contributed by atoms with van der Waals surface area (Å²) < 4.78 is 0. The molecule has 5 unspecified atom stereocenters. The van der Waals surface area contributed by atoms with E-state index in [0.717, 1.165) is 16.7 Å². The van der Waals surface area contributed by atoms with E-state index in [4.69, 9.17) is 0 Å². The molecule has 5 N–H and O–H groups in total. The smallest absolute Gasteiger partial charge is 0.239 e. The number of amides is 1. The van der Waals surface area contributed by atoms with Crippen molar-refractivity contribution in [2.24, 2.45) is 0 Å². The number of carbonyl (C=O) groups excluding carboxylic acids is 1. The lowest BCUT2D eigenvalue weighted by atomic mass is 9.87. The molecule has 30 heavy (non-hydrogen) atoms. The zero-order valence-corrected chi connectivity index (χ0v) is 16.8. The van der Waals surface area contributed by atoms with Crippen LogP contribution in [0.2, 0.25) is 0 Å². The van der Waals surface area contributed by atoms with Gasteiger partial charge < -0.3 is 25.7 Å². The highest BCUT2D eigenvalue weighted by molar-refractivity contribution is 5.82. The first-order valence-corrected chi connectivity index (χ1v) is 9.92. The molecule has 0 aromatic heterocycles. The average molecular weight is 412 g/mol. The number of rotatable bonds is 6. The zero-order valence-electron chi connectivity index (χ0n) is 16.8. The Hall–Kier alpha value is -2.55. The molecule has 160 valence electrons. The Balaban J connectivity index is 1.75. The van der Waals surface area contributed by atoms with E-state index in [9.17, 15) is 25.2 Å². The van der Waals surface area contributed by atoms with Crippen LogP contribution >= 0.6 is 0 Å². The number of aliphatic hydroxyl groups excluding tert-OH is 4. The van der Waals surface area contributed by atoms with E-state index in [1.165, 1.54) is 11.9 Å². The van der Waals surface area contributed by atoms with Gasteiger partial charge in [0.15, 0.2) is 0 Å². The lowest BCUT2D eigenvalue weighted by molar-refractivity contribution is -0.176. The number of likely N-dealkylation sites (tertiary alicyclic amines) is 1. The molecule has 7 heteroatoms. The van der Waals surface area contributed by atoms with Gasteiger partial charge in [0.2, 0.25) is 5.91 Å². The molecule has 1 amide bonds. The molecular formula is C23H28N2O5. The summed E-state index contributed by atoms with van der Waals surface area (Å²) in [5.41, 5.74) is 3.18. The van der Waals surface area contributed by atoms with Gasteiger partial charge in [-0.1, -0.05) is 66.7 Å². The molecule has 1 saturated heterocycles. The summed E-state index contributed by atoms with van der Waals surface area (Å²) >= 11 is 0. The summed E-state index contributed by atoms with van der Waals surface area (Å²) in [4.78, 5) is 13.8. The van der Waals surface area contributed by atoms with Gasteiger partial charge in [-0.05, 0) is 16.7 Å². The zero-order chi connectivity index (χ0) is 21.7. The number of piperidine rings is 1. The van der Waals surface area contributed by atoms with E-state index in [-0.39, 0.29) is 6.54 Å². The van der Waals surface area contributed by atoms with Gasteiger partial charge >= 0.3 is 0 Å². The first-order valence-electron chi connectivity index (χ1n) is 9.92. The molecule has 2 aromatic carbocycles. The van der Waals surface area contributed by atoms with Gasteiger partial charge in [-0.25, -0.2) is 0 Å². The van der Waals surface area contributed by atoms with Crippen LogP contribution < -0.4 is 5.32 Å². The van der Waals surface area contributed by atoms with Crippen LogP contribution in [-0.2, 0) is 4.79 Å². The molecule has 0 spiro atoms. The Kier molecular flexibility index (Phi) is 7.36. The topological polar surface area (TPSA) is 113 Å². The third-order valence-electron chi connectivity index (χ3n) is 5.55. The normalized spacial score (nSPS) is 27.3. The van der Waals surface area contributed by atoms with Gasteiger partial charge in [0.05, 0.1) is 12.6 Å². The number of hydrogen-bond donors (Lipinski definition) is 5. The Labute approximate surface area is 175 Å². The fraction of sp³-hybridized carbons (Fsp3) is 0.348. The first-order chi connectivity index (χ1) is 14.5. The number of carbonyl (C=O) groups is 1. The molecule has 1 aliphatic heterocycles. The molecule has 2 aromatic rings. The van der Waals surface area contributed by atoms with Crippen molar-refractivity contribution in [2.75, 3.05) is 20.2 Å². The number of nitrogens with one attached hydrogen (secondary N) is 1. The summed E-state index contributed by atoms with van der Waals surface area (Å²) in [5.74, 6) is -0.493. The fourth-order valence-electron chi connectivity index (χ4n) is 3.86. The lowest BCUT2D eigenvalue weighted by Gasteiger charge is -2.47. The number of aliphatic hydroxyl groups is 4. The maximum atomic E-state index is 12.3. The lowest BCUT2D eigenvalue weighted by Crippen LogP contribution is -2.70. The molecule has 7 nitrogen and oxygen atoms in total. The Morgan fingerprint density at radius 1 is 0.967 bits per heavy atom. The van der Waals surface area contributed by atoms with Crippen molar-refractivity contribution in [3.8, 4) is 11.1 Å². The molecule has 3 rings (SSSR count). The molecule has 0 bridgehead atoms. The van der Waals surface area contributed by atoms with Gasteiger partial charge in [0.25, 0.3) is 0 Å². The average Bonchev–Trinajstić information content (AvgIpc) is 2.78. The van der Waals surface area contributed by atoms with Crippen molar-refractivity contribution in [1.29, 1.82) is 0 Å². The quantitative estimate of drug-likeness (QED) is 0.465. The van der Waals surface area contributed by atoms with Crippen LogP contribution in [0.25, 0.3) is 17.2 Å². The molecule has 1 aliphatic rings. The van der Waals surface area contributed by atoms with E-state index < -0.39 is 42.9 Å². The molecule has 0 aliphatic carbocycles. The van der Waals surface area contributed by atoms with Crippen LogP contribution in [0.4, 0.5) is 0 Å². The molecular weight excluding hydrogens is 384 g/mol. The molecule has 0 radical (unpaired) electrons. The maximum Gasteiger partial charge on any atom is 0.239 e. The van der Waals surface area contributed by atoms with E-state index in [1.54, 1.807) is 6.08 Å². The fourth-order valence-corrected chi connectivity index (χ4v) is 3.86. The number of likely N-dealkylation sites (N-methyl/N-ethyl adjacent to an activating group) is 1. The molecule has 0 saturated carbocycles. The van der Waals surface area contributed by atoms with Crippen LogP contribution in [0.15, 0.2) is 60.7 Å². The number of nitrogens with zero attached hydrogens (tertiary/aromatic N) is 1. The SMILES string of the molecule is CNC(=O)C1C(O)C(O)C(O)C(CO)N1CC=Cc1ccc(-c2ccccc2)cc1. The van der Waals surface area contributed by atoms with Crippen molar-refractivity contribution in [1.82, 2.24) is 10.2 Å². The highest BCUT2D eigenvalue weighted by Crippen LogP contribution is 2.25. The molecule has 5 atom stereocenters. The Morgan fingerprint density at radius 3 is 2.20 bits per heavy atom. The second kappa shape index (κ2) is 9.97. The first kappa shape index (κ1) is 22.1. The predicted molar refractivity (Wildman–Crippen MR) is 114 cm³/mol. The van der Waals surface area contributed by atoms with Gasteiger partial charge in [-0.2, -0.15) is 0 Å². The van der Waals surface area contributed by atoms with Gasteiger partial charge in [-0.15, -0.1) is 0 Å². The summed E-state index contributed by atoms with van der Waals surface area (Å²) in [5, 5.41) is 42.8. The van der Waals surface area contributed by atoms with Gasteiger partial charge in [-0.3, -0.25) is 9.69 Å². The molecule has 1 heterocycles. The Morgan fingerprint density at radius 2 is 1.60 bits per heavy atom. The highest BCUT2D eigenvalue weighted by atomic mass is 16.4. The highest BCUT2D eigenvalue weighted by Gasteiger charge is 2.49. The Bertz CT molecular complexity index is 856. The summed E-state index contributed by atoms with van der Waals surface area (Å²) in [6.07, 6.45) is -0.692. The van der Waals surface area contributed by atoms with Crippen molar-refractivity contribution < 1.29 is 25.2 Å². The molecule has 1 fully saturated rings. The minimum Gasteiger partial charge on any atom is -0.395 e. The van der Waals surface area contributed by atoms with E-state index >= 15 is 0 Å². The predicted octanol–water partition coefficient (Wildman–Crippen LogP) is 0.241. The van der Waals surface area contributed by atoms with Crippen LogP contribution in [0.3, 0.4) is 0 Å². The summed E-state index contributed by atoms with van der Waals surface area (Å²) in [6, 6.07) is 16.0. The summed E-state index contributed by atoms with van der Waals surface area (Å²) in [6.45, 7) is -0.261. The van der Waals surface area contributed by atoms with Crippen molar-refractivity contribution >= 4 is 12.0 Å². The summed E-state index contributed by atoms with van der Waals surface area (Å²) in [7, 11) is 1.43. The van der Waals surface area contributed by atoms with Crippen LogP contribution in [0, 0.1) is 0 Å². The minimum atomic E-state index is -1.52. The van der Waals surface area contributed by atoms with Crippen LogP contribution in [0.5, 0.6) is 0 Å². The van der Waals surface area contributed by atoms with E-state index in [2.05, 4.69) is 5.32 Å². The van der Waals surface area contributed by atoms with Crippen LogP contribution in [0.1, 0.15) is 5.56 Å². The van der Waals surface area contributed by atoms with Gasteiger partial charge in [0.1, 0.15) is 24.4 Å². The number of benzene rings is 2. The standard InChI is InChI=1S/C23H28N2O5/c1-24-23(30)19-21(28)22(29)20(27)18(14-26)25(19)13-5-6-15-9-11-17(12-10-15)16-7-3-2-4-8-16/h2-12,18-22,26-29H,13-14H2,1H3,(H,24,30). The van der Waals surface area contributed by atoms with Crippen molar-refractivity contribution in [3.05, 3.63) is 66.2 Å². The van der Waals surface area contributed by atoms with Crippen LogP contribution in [-0.4, -0.2) is 81.8 Å². The number of hydrogen-bond acceptors (Lipinski definition) is 6. The second-order valence-electron chi connectivity index (χ2n) is 7.37. The maximum absolute atomic E-state index is 12.3. The van der Waals surface area contributed by atoms with Crippen molar-refractivity contribution in [3.63, 3.8) is 0 Å².